The number of piperidine rings is 1. The van der Waals surface area contributed by atoms with Crippen molar-refractivity contribution in [2.45, 2.75) is 89.8 Å². The van der Waals surface area contributed by atoms with E-state index < -0.39 is 0 Å². The van der Waals surface area contributed by atoms with Crippen LogP contribution in [0.25, 0.3) is 0 Å². The second-order valence-corrected chi connectivity index (χ2v) is 6.81. The fraction of sp³-hybridized carbons (Fsp3) is 1.00. The second-order valence-electron chi connectivity index (χ2n) is 6.81. The van der Waals surface area contributed by atoms with Crippen LogP contribution in [0.1, 0.15) is 71.6 Å². The molecule has 3 nitrogen and oxygen atoms in total. The van der Waals surface area contributed by atoms with E-state index in [0.717, 1.165) is 12.6 Å². The molecular weight excluding hydrogens is 260 g/mol. The molecular formula is C18H36N2O. The Morgan fingerprint density at radius 3 is 2.33 bits per heavy atom. The van der Waals surface area contributed by atoms with Crippen molar-refractivity contribution < 1.29 is 4.74 Å². The van der Waals surface area contributed by atoms with Gasteiger partial charge in [-0.3, -0.25) is 4.90 Å². The highest BCUT2D eigenvalue weighted by Gasteiger charge is 2.30. The maximum absolute atomic E-state index is 5.81. The molecule has 2 aliphatic rings. The Bertz CT molecular complexity index is 262. The second kappa shape index (κ2) is 9.81. The number of rotatable bonds is 6. The predicted octanol–water partition coefficient (Wildman–Crippen LogP) is 3.58. The fourth-order valence-electron chi connectivity index (χ4n) is 4.08. The Hall–Kier alpha value is -0.120. The highest BCUT2D eigenvalue weighted by molar-refractivity contribution is 4.88. The van der Waals surface area contributed by atoms with Gasteiger partial charge >= 0.3 is 0 Å². The lowest BCUT2D eigenvalue weighted by Gasteiger charge is -2.42. The number of likely N-dealkylation sites (tertiary alicyclic amines) is 1. The summed E-state index contributed by atoms with van der Waals surface area (Å²) in [6.45, 7) is 8.91. The highest BCUT2D eigenvalue weighted by Crippen LogP contribution is 2.25. The first kappa shape index (κ1) is 17.2. The standard InChI is InChI=1S/C18H36N2O/c1-3-13-19-17-9-7-5-6-8-10-18(17)20-14-11-16(12-15-20)21-4-2/h16-19H,3-15H2,1-2H3. The molecule has 0 spiro atoms. The minimum absolute atomic E-state index is 0.516. The molecule has 1 saturated heterocycles. The molecule has 0 radical (unpaired) electrons. The lowest BCUT2D eigenvalue weighted by molar-refractivity contribution is -0.00350. The van der Waals surface area contributed by atoms with Gasteiger partial charge in [0, 0.05) is 31.8 Å². The van der Waals surface area contributed by atoms with Gasteiger partial charge in [-0.1, -0.05) is 32.6 Å². The van der Waals surface area contributed by atoms with Crippen molar-refractivity contribution in [2.24, 2.45) is 0 Å². The van der Waals surface area contributed by atoms with Crippen molar-refractivity contribution in [3.63, 3.8) is 0 Å². The van der Waals surface area contributed by atoms with E-state index in [1.807, 2.05) is 0 Å². The lowest BCUT2D eigenvalue weighted by Crippen LogP contribution is -2.53. The van der Waals surface area contributed by atoms with Crippen LogP contribution >= 0.6 is 0 Å². The molecule has 124 valence electrons. The zero-order valence-electron chi connectivity index (χ0n) is 14.3. The van der Waals surface area contributed by atoms with Crippen LogP contribution in [0.5, 0.6) is 0 Å². The van der Waals surface area contributed by atoms with Crippen LogP contribution < -0.4 is 5.32 Å². The fourth-order valence-corrected chi connectivity index (χ4v) is 4.08. The van der Waals surface area contributed by atoms with Gasteiger partial charge in [-0.15, -0.1) is 0 Å². The largest absolute Gasteiger partial charge is 0.378 e. The maximum atomic E-state index is 5.81. The third-order valence-electron chi connectivity index (χ3n) is 5.23. The SMILES string of the molecule is CCCNC1CCCCCCC1N1CCC(OCC)CC1. The number of nitrogens with one attached hydrogen (secondary N) is 1. The summed E-state index contributed by atoms with van der Waals surface area (Å²) in [4.78, 5) is 2.77. The molecule has 1 aliphatic heterocycles. The summed E-state index contributed by atoms with van der Waals surface area (Å²) in [5.74, 6) is 0. The summed E-state index contributed by atoms with van der Waals surface area (Å²) in [6.07, 6.45) is 12.7. The Balaban J connectivity index is 1.89. The average Bonchev–Trinajstić information content (AvgIpc) is 2.48. The summed E-state index contributed by atoms with van der Waals surface area (Å²) < 4.78 is 5.81. The summed E-state index contributed by atoms with van der Waals surface area (Å²) in [5, 5.41) is 3.85. The van der Waals surface area contributed by atoms with Gasteiger partial charge in [-0.25, -0.2) is 0 Å². The zero-order valence-corrected chi connectivity index (χ0v) is 14.3. The van der Waals surface area contributed by atoms with Crippen LogP contribution in [0.2, 0.25) is 0 Å². The number of hydrogen-bond donors (Lipinski definition) is 1. The van der Waals surface area contributed by atoms with Crippen LogP contribution in [-0.2, 0) is 4.74 Å². The molecule has 1 N–H and O–H groups in total. The van der Waals surface area contributed by atoms with Crippen molar-refractivity contribution in [1.82, 2.24) is 10.2 Å². The third-order valence-corrected chi connectivity index (χ3v) is 5.23. The monoisotopic (exact) mass is 296 g/mol. The molecule has 1 aliphatic carbocycles. The Morgan fingerprint density at radius 1 is 0.952 bits per heavy atom. The summed E-state index contributed by atoms with van der Waals surface area (Å²) in [5.41, 5.74) is 0. The highest BCUT2D eigenvalue weighted by atomic mass is 16.5. The first-order valence-electron chi connectivity index (χ1n) is 9.44. The van der Waals surface area contributed by atoms with E-state index in [4.69, 9.17) is 4.74 Å². The van der Waals surface area contributed by atoms with E-state index in [1.54, 1.807) is 0 Å². The molecule has 0 aromatic carbocycles. The topological polar surface area (TPSA) is 24.5 Å². The smallest absolute Gasteiger partial charge is 0.0599 e. The zero-order chi connectivity index (χ0) is 14.9. The van der Waals surface area contributed by atoms with Crippen LogP contribution in [0.3, 0.4) is 0 Å². The van der Waals surface area contributed by atoms with Gasteiger partial charge in [-0.2, -0.15) is 0 Å². The van der Waals surface area contributed by atoms with E-state index >= 15 is 0 Å². The van der Waals surface area contributed by atoms with Crippen molar-refractivity contribution in [3.05, 3.63) is 0 Å². The van der Waals surface area contributed by atoms with E-state index in [1.165, 1.54) is 77.4 Å². The number of hydrogen-bond acceptors (Lipinski definition) is 3. The Morgan fingerprint density at radius 2 is 1.67 bits per heavy atom. The Kier molecular flexibility index (Phi) is 8.05. The van der Waals surface area contributed by atoms with Crippen LogP contribution in [0.4, 0.5) is 0 Å². The van der Waals surface area contributed by atoms with Gasteiger partial charge in [0.2, 0.25) is 0 Å². The Labute approximate surface area is 131 Å². The molecule has 3 heteroatoms. The molecule has 2 fully saturated rings. The number of ether oxygens (including phenoxy) is 1. The molecule has 0 aromatic rings. The molecule has 1 saturated carbocycles. The summed E-state index contributed by atoms with van der Waals surface area (Å²) >= 11 is 0. The number of nitrogens with zero attached hydrogens (tertiary/aromatic N) is 1. The van der Waals surface area contributed by atoms with Gasteiger partial charge in [0.1, 0.15) is 0 Å². The normalized spacial score (nSPS) is 30.0. The minimum atomic E-state index is 0.516. The first-order valence-corrected chi connectivity index (χ1v) is 9.44. The van der Waals surface area contributed by atoms with E-state index in [9.17, 15) is 0 Å². The molecule has 21 heavy (non-hydrogen) atoms. The predicted molar refractivity (Wildman–Crippen MR) is 89.8 cm³/mol. The van der Waals surface area contributed by atoms with Gasteiger partial charge in [0.15, 0.2) is 0 Å². The molecule has 2 unspecified atom stereocenters. The first-order chi connectivity index (χ1) is 10.3. The van der Waals surface area contributed by atoms with Gasteiger partial charge < -0.3 is 10.1 Å². The molecule has 1 heterocycles. The molecule has 0 aromatic heterocycles. The van der Waals surface area contributed by atoms with Gasteiger partial charge in [-0.05, 0) is 45.6 Å². The van der Waals surface area contributed by atoms with Crippen molar-refractivity contribution in [2.75, 3.05) is 26.2 Å². The maximum Gasteiger partial charge on any atom is 0.0599 e. The van der Waals surface area contributed by atoms with Gasteiger partial charge in [0.25, 0.3) is 0 Å². The van der Waals surface area contributed by atoms with Crippen molar-refractivity contribution in [1.29, 1.82) is 0 Å². The lowest BCUT2D eigenvalue weighted by atomic mass is 9.89. The molecule has 2 atom stereocenters. The van der Waals surface area contributed by atoms with Crippen LogP contribution in [-0.4, -0.2) is 49.3 Å². The van der Waals surface area contributed by atoms with Crippen LogP contribution in [0.15, 0.2) is 0 Å². The third kappa shape index (κ3) is 5.54. The van der Waals surface area contributed by atoms with E-state index in [2.05, 4.69) is 24.1 Å². The average molecular weight is 296 g/mol. The molecule has 0 bridgehead atoms. The molecule has 2 rings (SSSR count). The summed E-state index contributed by atoms with van der Waals surface area (Å²) in [6, 6.07) is 1.48. The minimum Gasteiger partial charge on any atom is -0.378 e. The van der Waals surface area contributed by atoms with Crippen molar-refractivity contribution >= 4 is 0 Å². The van der Waals surface area contributed by atoms with E-state index in [-0.39, 0.29) is 0 Å². The molecule has 0 amide bonds. The summed E-state index contributed by atoms with van der Waals surface area (Å²) in [7, 11) is 0. The van der Waals surface area contributed by atoms with Crippen molar-refractivity contribution in [3.8, 4) is 0 Å². The van der Waals surface area contributed by atoms with Gasteiger partial charge in [0.05, 0.1) is 6.10 Å². The van der Waals surface area contributed by atoms with Crippen LogP contribution in [0, 0.1) is 0 Å². The van der Waals surface area contributed by atoms with E-state index in [0.29, 0.717) is 12.1 Å². The quantitative estimate of drug-likeness (QED) is 0.811.